The number of alkyl halides is 3. The van der Waals surface area contributed by atoms with Crippen molar-refractivity contribution in [2.45, 2.75) is 33.0 Å². The second kappa shape index (κ2) is 4.87. The second-order valence-electron chi connectivity index (χ2n) is 3.80. The Hall–Kier alpha value is -1.03. The second-order valence-corrected chi connectivity index (χ2v) is 3.80. The molecule has 0 bridgehead atoms. The minimum absolute atomic E-state index is 0.0627. The van der Waals surface area contributed by atoms with Gasteiger partial charge < -0.3 is 5.32 Å². The molecule has 1 rings (SSSR count). The Labute approximate surface area is 93.7 Å². The third-order valence-electron chi connectivity index (χ3n) is 2.66. The summed E-state index contributed by atoms with van der Waals surface area (Å²) in [5.74, 6) is 0. The van der Waals surface area contributed by atoms with E-state index in [0.717, 1.165) is 12.6 Å². The summed E-state index contributed by atoms with van der Waals surface area (Å²) in [6, 6.07) is 4.25. The lowest BCUT2D eigenvalue weighted by Crippen LogP contribution is -2.20. The first-order valence-corrected chi connectivity index (χ1v) is 5.28. The molecule has 90 valence electrons. The van der Waals surface area contributed by atoms with Gasteiger partial charge in [0.2, 0.25) is 0 Å². The van der Waals surface area contributed by atoms with Crippen molar-refractivity contribution in [3.8, 4) is 0 Å². The molecule has 0 saturated heterocycles. The van der Waals surface area contributed by atoms with Gasteiger partial charge in [-0.25, -0.2) is 0 Å². The molecule has 0 aliphatic carbocycles. The van der Waals surface area contributed by atoms with Crippen molar-refractivity contribution in [1.82, 2.24) is 5.32 Å². The van der Waals surface area contributed by atoms with E-state index in [9.17, 15) is 13.2 Å². The topological polar surface area (TPSA) is 12.0 Å². The number of hydrogen-bond donors (Lipinski definition) is 1. The summed E-state index contributed by atoms with van der Waals surface area (Å²) in [5, 5.41) is 3.11. The first kappa shape index (κ1) is 13.0. The summed E-state index contributed by atoms with van der Waals surface area (Å²) in [7, 11) is 0. The molecular weight excluding hydrogens is 215 g/mol. The Balaban J connectivity index is 3.14. The Kier molecular flexibility index (Phi) is 3.97. The lowest BCUT2D eigenvalue weighted by Gasteiger charge is -2.19. The van der Waals surface area contributed by atoms with Gasteiger partial charge in [-0.05, 0) is 37.6 Å². The molecule has 16 heavy (non-hydrogen) atoms. The maximum atomic E-state index is 12.7. The van der Waals surface area contributed by atoms with E-state index in [4.69, 9.17) is 0 Å². The van der Waals surface area contributed by atoms with Crippen LogP contribution in [0.2, 0.25) is 0 Å². The Morgan fingerprint density at radius 3 is 2.44 bits per heavy atom. The van der Waals surface area contributed by atoms with Gasteiger partial charge in [0.25, 0.3) is 0 Å². The van der Waals surface area contributed by atoms with E-state index >= 15 is 0 Å². The van der Waals surface area contributed by atoms with E-state index < -0.39 is 11.7 Å². The third kappa shape index (κ3) is 2.76. The van der Waals surface area contributed by atoms with Gasteiger partial charge >= 0.3 is 6.18 Å². The quantitative estimate of drug-likeness (QED) is 0.836. The molecule has 1 N–H and O–H groups in total. The van der Waals surface area contributed by atoms with E-state index in [-0.39, 0.29) is 6.04 Å². The molecule has 1 aromatic carbocycles. The zero-order valence-corrected chi connectivity index (χ0v) is 9.65. The highest BCUT2D eigenvalue weighted by molar-refractivity contribution is 5.37. The summed E-state index contributed by atoms with van der Waals surface area (Å²) in [6.07, 6.45) is -4.27. The maximum Gasteiger partial charge on any atom is 0.416 e. The fourth-order valence-electron chi connectivity index (χ4n) is 1.85. The van der Waals surface area contributed by atoms with Crippen LogP contribution in [0.3, 0.4) is 0 Å². The van der Waals surface area contributed by atoms with Crippen LogP contribution in [-0.4, -0.2) is 6.54 Å². The van der Waals surface area contributed by atoms with E-state index in [1.54, 1.807) is 6.07 Å². The normalized spacial score (nSPS) is 13.9. The SMILES string of the molecule is CCN[C@H](C)c1cccc(C(F)(F)F)c1C. The van der Waals surface area contributed by atoms with Crippen LogP contribution >= 0.6 is 0 Å². The van der Waals surface area contributed by atoms with Crippen molar-refractivity contribution < 1.29 is 13.2 Å². The summed E-state index contributed by atoms with van der Waals surface area (Å²) in [4.78, 5) is 0. The number of benzene rings is 1. The Morgan fingerprint density at radius 2 is 1.94 bits per heavy atom. The van der Waals surface area contributed by atoms with Crippen molar-refractivity contribution in [3.05, 3.63) is 34.9 Å². The van der Waals surface area contributed by atoms with Crippen LogP contribution in [0, 0.1) is 6.92 Å². The zero-order valence-electron chi connectivity index (χ0n) is 9.65. The highest BCUT2D eigenvalue weighted by atomic mass is 19.4. The highest BCUT2D eigenvalue weighted by Gasteiger charge is 2.33. The molecule has 1 aromatic rings. The van der Waals surface area contributed by atoms with Crippen LogP contribution in [0.25, 0.3) is 0 Å². The number of hydrogen-bond acceptors (Lipinski definition) is 1. The summed E-state index contributed by atoms with van der Waals surface area (Å²) < 4.78 is 38.0. The van der Waals surface area contributed by atoms with Gasteiger partial charge in [0.15, 0.2) is 0 Å². The predicted octanol–water partition coefficient (Wildman–Crippen LogP) is 3.68. The molecule has 0 spiro atoms. The molecule has 0 fully saturated rings. The molecule has 0 unspecified atom stereocenters. The molecular formula is C12H16F3N. The van der Waals surface area contributed by atoms with Gasteiger partial charge in [-0.2, -0.15) is 13.2 Å². The van der Waals surface area contributed by atoms with Crippen LogP contribution in [0.1, 0.15) is 36.6 Å². The van der Waals surface area contributed by atoms with Crippen LogP contribution in [0.4, 0.5) is 13.2 Å². The summed E-state index contributed by atoms with van der Waals surface area (Å²) in [5.41, 5.74) is 0.467. The lowest BCUT2D eigenvalue weighted by atomic mass is 9.97. The number of nitrogens with one attached hydrogen (secondary N) is 1. The minimum atomic E-state index is -4.27. The monoisotopic (exact) mass is 231 g/mol. The number of halogens is 3. The maximum absolute atomic E-state index is 12.7. The van der Waals surface area contributed by atoms with Crippen LogP contribution in [-0.2, 0) is 6.18 Å². The molecule has 0 heterocycles. The van der Waals surface area contributed by atoms with Gasteiger partial charge in [-0.3, -0.25) is 0 Å². The average molecular weight is 231 g/mol. The Bertz CT molecular complexity index is 358. The van der Waals surface area contributed by atoms with E-state index in [1.165, 1.54) is 13.0 Å². The molecule has 0 aliphatic heterocycles. The largest absolute Gasteiger partial charge is 0.416 e. The molecule has 1 atom stereocenters. The third-order valence-corrected chi connectivity index (χ3v) is 2.66. The standard InChI is InChI=1S/C12H16F3N/c1-4-16-9(3)10-6-5-7-11(8(10)2)12(13,14)15/h5-7,9,16H,4H2,1-3H3/t9-/m1/s1. The van der Waals surface area contributed by atoms with Crippen LogP contribution in [0.15, 0.2) is 18.2 Å². The summed E-state index contributed by atoms with van der Waals surface area (Å²) in [6.45, 7) is 6.05. The fourth-order valence-corrected chi connectivity index (χ4v) is 1.85. The smallest absolute Gasteiger partial charge is 0.310 e. The minimum Gasteiger partial charge on any atom is -0.310 e. The lowest BCUT2D eigenvalue weighted by molar-refractivity contribution is -0.138. The fraction of sp³-hybridized carbons (Fsp3) is 0.500. The Morgan fingerprint density at radius 1 is 1.31 bits per heavy atom. The van der Waals surface area contributed by atoms with E-state index in [0.29, 0.717) is 11.1 Å². The van der Waals surface area contributed by atoms with E-state index in [1.807, 2.05) is 13.8 Å². The first-order valence-electron chi connectivity index (χ1n) is 5.28. The molecule has 0 radical (unpaired) electrons. The van der Waals surface area contributed by atoms with Crippen LogP contribution < -0.4 is 5.32 Å². The molecule has 0 saturated carbocycles. The number of rotatable bonds is 3. The van der Waals surface area contributed by atoms with Gasteiger partial charge in [-0.15, -0.1) is 0 Å². The molecule has 4 heteroatoms. The van der Waals surface area contributed by atoms with Gasteiger partial charge in [-0.1, -0.05) is 19.1 Å². The average Bonchev–Trinajstić information content (AvgIpc) is 2.16. The van der Waals surface area contributed by atoms with Crippen LogP contribution in [0.5, 0.6) is 0 Å². The molecule has 0 aliphatic rings. The molecule has 0 aromatic heterocycles. The van der Waals surface area contributed by atoms with Crippen molar-refractivity contribution in [2.75, 3.05) is 6.54 Å². The first-order chi connectivity index (χ1) is 7.38. The highest BCUT2D eigenvalue weighted by Crippen LogP contribution is 2.34. The van der Waals surface area contributed by atoms with Gasteiger partial charge in [0.05, 0.1) is 5.56 Å². The van der Waals surface area contributed by atoms with E-state index in [2.05, 4.69) is 5.32 Å². The van der Waals surface area contributed by atoms with Gasteiger partial charge in [0.1, 0.15) is 0 Å². The molecule has 1 nitrogen and oxygen atoms in total. The van der Waals surface area contributed by atoms with Crippen molar-refractivity contribution in [2.24, 2.45) is 0 Å². The van der Waals surface area contributed by atoms with Gasteiger partial charge in [0, 0.05) is 6.04 Å². The predicted molar refractivity (Wildman–Crippen MR) is 58.3 cm³/mol. The van der Waals surface area contributed by atoms with Crippen molar-refractivity contribution >= 4 is 0 Å². The van der Waals surface area contributed by atoms with Crippen molar-refractivity contribution in [3.63, 3.8) is 0 Å². The molecule has 0 amide bonds. The summed E-state index contributed by atoms with van der Waals surface area (Å²) >= 11 is 0. The zero-order chi connectivity index (χ0) is 12.3. The van der Waals surface area contributed by atoms with Crippen molar-refractivity contribution in [1.29, 1.82) is 0 Å².